The third-order valence-electron chi connectivity index (χ3n) is 3.27. The predicted molar refractivity (Wildman–Crippen MR) is 70.0 cm³/mol. The monoisotopic (exact) mass is 270 g/mol. The quantitative estimate of drug-likeness (QED) is 0.904. The summed E-state index contributed by atoms with van der Waals surface area (Å²) in [6, 6.07) is 5.74. The van der Waals surface area contributed by atoms with E-state index in [0.29, 0.717) is 11.9 Å². The number of alkyl halides is 3. The number of rotatable bonds is 4. The van der Waals surface area contributed by atoms with Crippen LogP contribution in [0, 0.1) is 0 Å². The van der Waals surface area contributed by atoms with Crippen LogP contribution in [0.5, 0.6) is 0 Å². The van der Waals surface area contributed by atoms with Crippen molar-refractivity contribution in [3.63, 3.8) is 0 Å². The topological polar surface area (TPSA) is 30.9 Å². The number of aromatic nitrogens is 1. The Labute approximate surface area is 110 Å². The molecule has 104 valence electrons. The Kier molecular flexibility index (Phi) is 3.85. The zero-order valence-electron chi connectivity index (χ0n) is 10.8. The summed E-state index contributed by atoms with van der Waals surface area (Å²) < 4.78 is 40.1. The van der Waals surface area contributed by atoms with Crippen molar-refractivity contribution in [2.75, 3.05) is 6.54 Å². The molecule has 1 aromatic carbocycles. The minimum absolute atomic E-state index is 0.582. The molecule has 0 saturated carbocycles. The molecular weight excluding hydrogens is 253 g/mol. The van der Waals surface area contributed by atoms with Crippen molar-refractivity contribution < 1.29 is 13.2 Å². The molecule has 1 aromatic heterocycles. The lowest BCUT2D eigenvalue weighted by Crippen LogP contribution is -2.05. The van der Waals surface area contributed by atoms with Crippen molar-refractivity contribution in [1.29, 1.82) is 0 Å². The maximum absolute atomic E-state index is 12.7. The lowest BCUT2D eigenvalue weighted by Gasteiger charge is -2.09. The van der Waals surface area contributed by atoms with Crippen LogP contribution in [-0.2, 0) is 19.1 Å². The number of benzene rings is 1. The number of fused-ring (bicyclic) bond motifs is 1. The molecule has 5 heteroatoms. The maximum Gasteiger partial charge on any atom is 0.416 e. The van der Waals surface area contributed by atoms with Crippen molar-refractivity contribution in [3.05, 3.63) is 35.5 Å². The van der Waals surface area contributed by atoms with Gasteiger partial charge in [-0.2, -0.15) is 13.2 Å². The smallest absolute Gasteiger partial charge is 0.345 e. The van der Waals surface area contributed by atoms with Gasteiger partial charge < -0.3 is 10.3 Å². The summed E-state index contributed by atoms with van der Waals surface area (Å²) in [5, 5.41) is 0.642. The molecule has 0 aliphatic rings. The van der Waals surface area contributed by atoms with Gasteiger partial charge >= 0.3 is 6.18 Å². The Balaban J connectivity index is 2.49. The molecule has 0 unspecified atom stereocenters. The molecular formula is C14H17F3N2. The number of aryl methyl sites for hydroxylation is 2. The molecule has 0 aliphatic carbocycles. The first-order valence-electron chi connectivity index (χ1n) is 6.36. The van der Waals surface area contributed by atoms with Crippen LogP contribution in [0.25, 0.3) is 10.9 Å². The first-order chi connectivity index (χ1) is 8.97. The van der Waals surface area contributed by atoms with E-state index in [1.165, 1.54) is 6.07 Å². The average Bonchev–Trinajstić information content (AvgIpc) is 2.71. The zero-order chi connectivity index (χ0) is 14.0. The Morgan fingerprint density at radius 2 is 1.95 bits per heavy atom. The van der Waals surface area contributed by atoms with Crippen LogP contribution in [-0.4, -0.2) is 11.1 Å². The fourth-order valence-electron chi connectivity index (χ4n) is 2.37. The number of hydrogen-bond acceptors (Lipinski definition) is 1. The number of halogens is 3. The number of nitrogens with zero attached hydrogens (tertiary/aromatic N) is 1. The van der Waals surface area contributed by atoms with Gasteiger partial charge in [-0.1, -0.05) is 0 Å². The lowest BCUT2D eigenvalue weighted by molar-refractivity contribution is -0.137. The van der Waals surface area contributed by atoms with Crippen LogP contribution in [0.1, 0.15) is 24.6 Å². The van der Waals surface area contributed by atoms with E-state index in [1.807, 2.05) is 17.6 Å². The van der Waals surface area contributed by atoms with E-state index in [2.05, 4.69) is 0 Å². The maximum atomic E-state index is 12.7. The standard InChI is InChI=1S/C14H17F3N2/c1-2-19-12(4-3-7-18)9-10-8-11(14(15,16)17)5-6-13(10)19/h5-6,8-9H,2-4,7,18H2,1H3. The summed E-state index contributed by atoms with van der Waals surface area (Å²) in [7, 11) is 0. The highest BCUT2D eigenvalue weighted by Gasteiger charge is 2.30. The fourth-order valence-corrected chi connectivity index (χ4v) is 2.37. The van der Waals surface area contributed by atoms with E-state index in [0.717, 1.165) is 36.7 Å². The molecule has 1 heterocycles. The van der Waals surface area contributed by atoms with E-state index in [9.17, 15) is 13.2 Å². The van der Waals surface area contributed by atoms with E-state index in [4.69, 9.17) is 5.73 Å². The molecule has 2 nitrogen and oxygen atoms in total. The molecule has 2 rings (SSSR count). The van der Waals surface area contributed by atoms with Gasteiger partial charge in [-0.05, 0) is 50.6 Å². The van der Waals surface area contributed by atoms with Gasteiger partial charge in [0.15, 0.2) is 0 Å². The number of nitrogens with two attached hydrogens (primary N) is 1. The highest BCUT2D eigenvalue weighted by molar-refractivity contribution is 5.82. The molecule has 2 N–H and O–H groups in total. The van der Waals surface area contributed by atoms with Gasteiger partial charge in [0.05, 0.1) is 5.56 Å². The van der Waals surface area contributed by atoms with Crippen LogP contribution in [0.15, 0.2) is 24.3 Å². The van der Waals surface area contributed by atoms with Gasteiger partial charge in [-0.25, -0.2) is 0 Å². The van der Waals surface area contributed by atoms with Gasteiger partial charge in [0, 0.05) is 23.1 Å². The molecule has 0 fully saturated rings. The van der Waals surface area contributed by atoms with E-state index >= 15 is 0 Å². The Bertz CT molecular complexity index is 570. The first-order valence-corrected chi connectivity index (χ1v) is 6.36. The summed E-state index contributed by atoms with van der Waals surface area (Å²) in [5.41, 5.74) is 6.78. The predicted octanol–water partition coefficient (Wildman–Crippen LogP) is 3.57. The highest BCUT2D eigenvalue weighted by atomic mass is 19.4. The molecule has 0 spiro atoms. The van der Waals surface area contributed by atoms with E-state index in [-0.39, 0.29) is 0 Å². The fraction of sp³-hybridized carbons (Fsp3) is 0.429. The van der Waals surface area contributed by atoms with Gasteiger partial charge in [-0.3, -0.25) is 0 Å². The van der Waals surface area contributed by atoms with Gasteiger partial charge in [0.1, 0.15) is 0 Å². The SMILES string of the molecule is CCn1c(CCCN)cc2cc(C(F)(F)F)ccc21. The highest BCUT2D eigenvalue weighted by Crippen LogP contribution is 2.32. The lowest BCUT2D eigenvalue weighted by atomic mass is 10.1. The summed E-state index contributed by atoms with van der Waals surface area (Å²) in [5.74, 6) is 0. The van der Waals surface area contributed by atoms with Crippen LogP contribution in [0.2, 0.25) is 0 Å². The van der Waals surface area contributed by atoms with Gasteiger partial charge in [0.2, 0.25) is 0 Å². The average molecular weight is 270 g/mol. The molecule has 0 amide bonds. The first kappa shape index (κ1) is 13.9. The molecule has 19 heavy (non-hydrogen) atoms. The van der Waals surface area contributed by atoms with Crippen molar-refractivity contribution in [2.45, 2.75) is 32.5 Å². The molecule has 0 saturated heterocycles. The second-order valence-electron chi connectivity index (χ2n) is 4.54. The van der Waals surface area contributed by atoms with Crippen molar-refractivity contribution in [2.24, 2.45) is 5.73 Å². The largest absolute Gasteiger partial charge is 0.416 e. The van der Waals surface area contributed by atoms with Gasteiger partial charge in [0.25, 0.3) is 0 Å². The van der Waals surface area contributed by atoms with E-state index < -0.39 is 11.7 Å². The van der Waals surface area contributed by atoms with Crippen molar-refractivity contribution >= 4 is 10.9 Å². The van der Waals surface area contributed by atoms with Crippen LogP contribution >= 0.6 is 0 Å². The van der Waals surface area contributed by atoms with Crippen LogP contribution in [0.3, 0.4) is 0 Å². The van der Waals surface area contributed by atoms with Crippen molar-refractivity contribution in [1.82, 2.24) is 4.57 Å². The molecule has 2 aromatic rings. The van der Waals surface area contributed by atoms with Crippen molar-refractivity contribution in [3.8, 4) is 0 Å². The minimum atomic E-state index is -4.29. The summed E-state index contributed by atoms with van der Waals surface area (Å²) in [6.07, 6.45) is -2.66. The molecule has 0 radical (unpaired) electrons. The van der Waals surface area contributed by atoms with Crippen LogP contribution < -0.4 is 5.73 Å². The third-order valence-corrected chi connectivity index (χ3v) is 3.27. The molecule has 0 aliphatic heterocycles. The van der Waals surface area contributed by atoms with E-state index in [1.54, 1.807) is 6.07 Å². The molecule has 0 atom stereocenters. The zero-order valence-corrected chi connectivity index (χ0v) is 10.8. The second-order valence-corrected chi connectivity index (χ2v) is 4.54. The Hall–Kier alpha value is -1.49. The van der Waals surface area contributed by atoms with Crippen LogP contribution in [0.4, 0.5) is 13.2 Å². The second kappa shape index (κ2) is 5.25. The Morgan fingerprint density at radius 3 is 2.53 bits per heavy atom. The summed E-state index contributed by atoms with van der Waals surface area (Å²) in [4.78, 5) is 0. The molecule has 0 bridgehead atoms. The normalized spacial score (nSPS) is 12.3. The summed E-state index contributed by atoms with van der Waals surface area (Å²) >= 11 is 0. The summed E-state index contributed by atoms with van der Waals surface area (Å²) in [6.45, 7) is 3.32. The minimum Gasteiger partial charge on any atom is -0.345 e. The Morgan fingerprint density at radius 1 is 1.21 bits per heavy atom. The van der Waals surface area contributed by atoms with Gasteiger partial charge in [-0.15, -0.1) is 0 Å². The number of hydrogen-bond donors (Lipinski definition) is 1. The third kappa shape index (κ3) is 2.76.